The molecule has 5 aromatic rings. The molecule has 0 spiro atoms. The Kier molecular flexibility index (Phi) is 10.0. The van der Waals surface area contributed by atoms with E-state index in [1.54, 1.807) is 66.5 Å². The van der Waals surface area contributed by atoms with Crippen molar-refractivity contribution < 1.29 is 27.5 Å². The van der Waals surface area contributed by atoms with Gasteiger partial charge in [0.25, 0.3) is 5.91 Å². The summed E-state index contributed by atoms with van der Waals surface area (Å²) in [4.78, 5) is 31.2. The zero-order valence-electron chi connectivity index (χ0n) is 27.0. The first-order valence-corrected chi connectivity index (χ1v) is 17.2. The number of nitrogens with one attached hydrogen (secondary N) is 2. The molecule has 1 aliphatic rings. The molecule has 0 saturated carbocycles. The van der Waals surface area contributed by atoms with Gasteiger partial charge in [0.1, 0.15) is 28.8 Å². The molecule has 0 radical (unpaired) electrons. The van der Waals surface area contributed by atoms with Gasteiger partial charge in [-0.3, -0.25) is 9.59 Å². The van der Waals surface area contributed by atoms with E-state index < -0.39 is 28.5 Å². The quantitative estimate of drug-likeness (QED) is 0.283. The molecule has 15 heteroatoms. The monoisotopic (exact) mass is 684 g/mol. The lowest BCUT2D eigenvalue weighted by molar-refractivity contribution is -0.122. The van der Waals surface area contributed by atoms with E-state index in [-0.39, 0.29) is 42.7 Å². The summed E-state index contributed by atoms with van der Waals surface area (Å²) in [5.74, 6) is 0.657. The van der Waals surface area contributed by atoms with Gasteiger partial charge >= 0.3 is 0 Å². The van der Waals surface area contributed by atoms with Crippen LogP contribution in [0.2, 0.25) is 0 Å². The molecule has 2 N–H and O–H groups in total. The SMILES string of the molecule is COc1ccc(-n2cccn2)cc1S(=O)(=O)N1CCCNC(=O)c2cccc(c2)OCCn2nc(-c3ccccc3)nc2[C@H](C)NC(=O)C1. The molecule has 2 aromatic heterocycles. The molecule has 0 unspecified atom stereocenters. The molecule has 0 fully saturated rings. The Labute approximate surface area is 283 Å². The maximum Gasteiger partial charge on any atom is 0.251 e. The summed E-state index contributed by atoms with van der Waals surface area (Å²) in [5, 5.41) is 14.6. The second kappa shape index (κ2) is 14.7. The minimum Gasteiger partial charge on any atom is -0.495 e. The van der Waals surface area contributed by atoms with Gasteiger partial charge in [-0.1, -0.05) is 36.4 Å². The van der Waals surface area contributed by atoms with Crippen molar-refractivity contribution in [2.24, 2.45) is 0 Å². The van der Waals surface area contributed by atoms with Crippen LogP contribution in [-0.4, -0.2) is 82.4 Å². The highest BCUT2D eigenvalue weighted by Crippen LogP contribution is 2.29. The summed E-state index contributed by atoms with van der Waals surface area (Å²) >= 11 is 0. The minimum absolute atomic E-state index is 0.0724. The fourth-order valence-electron chi connectivity index (χ4n) is 5.45. The van der Waals surface area contributed by atoms with Gasteiger partial charge in [-0.15, -0.1) is 0 Å². The summed E-state index contributed by atoms with van der Waals surface area (Å²) in [5.41, 5.74) is 1.68. The van der Waals surface area contributed by atoms with E-state index in [0.29, 0.717) is 35.2 Å². The minimum atomic E-state index is -4.30. The molecular weight excluding hydrogens is 648 g/mol. The van der Waals surface area contributed by atoms with Crippen molar-refractivity contribution in [1.29, 1.82) is 0 Å². The highest BCUT2D eigenvalue weighted by atomic mass is 32.2. The molecule has 3 heterocycles. The van der Waals surface area contributed by atoms with Crippen molar-refractivity contribution in [2.45, 2.75) is 30.8 Å². The zero-order chi connectivity index (χ0) is 34.4. The van der Waals surface area contributed by atoms with Crippen LogP contribution < -0.4 is 20.1 Å². The third-order valence-electron chi connectivity index (χ3n) is 7.89. The fraction of sp³-hybridized carbons (Fsp3) is 0.265. The highest BCUT2D eigenvalue weighted by molar-refractivity contribution is 7.89. The Balaban J connectivity index is 1.34. The number of hydrogen-bond acceptors (Lipinski definition) is 9. The lowest BCUT2D eigenvalue weighted by Gasteiger charge is -2.24. The van der Waals surface area contributed by atoms with Crippen molar-refractivity contribution in [3.8, 4) is 28.6 Å². The van der Waals surface area contributed by atoms with Crippen LogP contribution in [0.1, 0.15) is 35.6 Å². The van der Waals surface area contributed by atoms with Gasteiger partial charge in [0.15, 0.2) is 5.82 Å². The zero-order valence-corrected chi connectivity index (χ0v) is 27.8. The number of methoxy groups -OCH3 is 1. The van der Waals surface area contributed by atoms with Crippen LogP contribution in [0.5, 0.6) is 11.5 Å². The highest BCUT2D eigenvalue weighted by Gasteiger charge is 2.31. The molecular formula is C34H36N8O6S. The third kappa shape index (κ3) is 7.63. The average molecular weight is 685 g/mol. The number of ether oxygens (including phenoxy) is 2. The van der Waals surface area contributed by atoms with Crippen LogP contribution >= 0.6 is 0 Å². The van der Waals surface area contributed by atoms with Gasteiger partial charge in [0, 0.05) is 36.6 Å². The van der Waals surface area contributed by atoms with E-state index >= 15 is 0 Å². The Morgan fingerprint density at radius 3 is 2.55 bits per heavy atom. The van der Waals surface area contributed by atoms with Gasteiger partial charge in [0.05, 0.1) is 31.9 Å². The smallest absolute Gasteiger partial charge is 0.251 e. The Morgan fingerprint density at radius 1 is 0.959 bits per heavy atom. The van der Waals surface area contributed by atoms with Gasteiger partial charge in [-0.25, -0.2) is 22.8 Å². The number of amides is 2. The summed E-state index contributed by atoms with van der Waals surface area (Å²) < 4.78 is 44.3. The van der Waals surface area contributed by atoms with Gasteiger partial charge in [-0.05, 0) is 55.8 Å². The van der Waals surface area contributed by atoms with Gasteiger partial charge in [0.2, 0.25) is 15.9 Å². The maximum atomic E-state index is 14.3. The van der Waals surface area contributed by atoms with Gasteiger partial charge < -0.3 is 20.1 Å². The number of aromatic nitrogens is 5. The standard InChI is InChI=1S/C34H36N8O6S/c1-24-33-38-32(25-9-4-3-5-10-25)39-42(33)19-20-48-28-12-6-11-26(21-28)34(44)35-15-7-17-40(23-31(43)37-24)49(45,46)30-22-27(13-14-29(30)47-2)41-18-8-16-36-41/h3-6,8-14,16,18,21-22,24H,7,15,17,19-20,23H2,1-2H3,(H,35,44)(H,37,43)/t24-/m0/s1. The average Bonchev–Trinajstić information content (AvgIpc) is 3.81. The van der Waals surface area contributed by atoms with Crippen LogP contribution in [-0.2, 0) is 21.4 Å². The molecule has 14 nitrogen and oxygen atoms in total. The summed E-state index contributed by atoms with van der Waals surface area (Å²) in [6.07, 6.45) is 3.50. The van der Waals surface area contributed by atoms with E-state index in [1.165, 1.54) is 17.9 Å². The molecule has 2 bridgehead atoms. The normalized spacial score (nSPS) is 16.7. The Hall–Kier alpha value is -5.54. The predicted molar refractivity (Wildman–Crippen MR) is 180 cm³/mol. The first-order valence-electron chi connectivity index (χ1n) is 15.7. The lowest BCUT2D eigenvalue weighted by atomic mass is 10.2. The van der Waals surface area contributed by atoms with E-state index in [0.717, 1.165) is 9.87 Å². The van der Waals surface area contributed by atoms with Crippen LogP contribution in [0, 0.1) is 0 Å². The topological polar surface area (TPSA) is 163 Å². The van der Waals surface area contributed by atoms with Crippen LogP contribution in [0.25, 0.3) is 17.1 Å². The van der Waals surface area contributed by atoms with Crippen molar-refractivity contribution in [3.05, 3.63) is 103 Å². The van der Waals surface area contributed by atoms with Crippen LogP contribution in [0.15, 0.2) is 96.2 Å². The molecule has 3 aromatic carbocycles. The molecule has 0 aliphatic carbocycles. The number of nitrogens with zero attached hydrogens (tertiary/aromatic N) is 6. The molecule has 1 atom stereocenters. The molecule has 1 aliphatic heterocycles. The number of fused-ring (bicyclic) bond motifs is 3. The summed E-state index contributed by atoms with van der Waals surface area (Å²) in [6.45, 7) is 1.85. The van der Waals surface area contributed by atoms with Gasteiger partial charge in [-0.2, -0.15) is 14.5 Å². The Bertz CT molecular complexity index is 2030. The number of rotatable bonds is 5. The predicted octanol–water partition coefficient (Wildman–Crippen LogP) is 3.22. The third-order valence-corrected chi connectivity index (χ3v) is 9.76. The number of sulfonamides is 1. The van der Waals surface area contributed by atoms with Crippen molar-refractivity contribution in [3.63, 3.8) is 0 Å². The van der Waals surface area contributed by atoms with E-state index in [9.17, 15) is 18.0 Å². The van der Waals surface area contributed by atoms with E-state index in [4.69, 9.17) is 19.6 Å². The Morgan fingerprint density at radius 2 is 1.78 bits per heavy atom. The first-order chi connectivity index (χ1) is 23.7. The second-order valence-corrected chi connectivity index (χ2v) is 13.2. The van der Waals surface area contributed by atoms with E-state index in [2.05, 4.69) is 15.7 Å². The molecule has 0 saturated heterocycles. The number of carbonyl (C=O) groups excluding carboxylic acids is 2. The molecule has 49 heavy (non-hydrogen) atoms. The van der Waals surface area contributed by atoms with E-state index in [1.807, 2.05) is 30.3 Å². The van der Waals surface area contributed by atoms with Crippen molar-refractivity contribution in [1.82, 2.24) is 39.5 Å². The summed E-state index contributed by atoms with van der Waals surface area (Å²) in [7, 11) is -2.92. The molecule has 6 rings (SSSR count). The lowest BCUT2D eigenvalue weighted by Crippen LogP contribution is -2.43. The summed E-state index contributed by atoms with van der Waals surface area (Å²) in [6, 6.07) is 22.0. The number of carbonyl (C=O) groups is 2. The maximum absolute atomic E-state index is 14.3. The first kappa shape index (κ1) is 33.4. The fourth-order valence-corrected chi connectivity index (χ4v) is 7.06. The van der Waals surface area contributed by atoms with Crippen LogP contribution in [0.3, 0.4) is 0 Å². The number of hydrogen-bond donors (Lipinski definition) is 2. The molecule has 2 amide bonds. The van der Waals surface area contributed by atoms with Crippen LogP contribution in [0.4, 0.5) is 0 Å². The largest absolute Gasteiger partial charge is 0.495 e. The second-order valence-electron chi connectivity index (χ2n) is 11.3. The molecule has 254 valence electrons. The number of benzene rings is 3. The van der Waals surface area contributed by atoms with Crippen molar-refractivity contribution in [2.75, 3.05) is 33.4 Å². The van der Waals surface area contributed by atoms with Crippen molar-refractivity contribution >= 4 is 21.8 Å².